The number of carbonyl (C=O) groups is 2. The third-order valence-corrected chi connectivity index (χ3v) is 7.04. The Morgan fingerprint density at radius 3 is 2.09 bits per heavy atom. The molecule has 3 aliphatic heterocycles. The Bertz CT molecular complexity index is 1290. The fourth-order valence-electron chi connectivity index (χ4n) is 4.24. The maximum Gasteiger partial charge on any atom is 0.276 e. The molecule has 168 valence electrons. The van der Waals surface area contributed by atoms with Crippen molar-refractivity contribution in [3.8, 4) is 0 Å². The number of hydrogen-bond acceptors (Lipinski definition) is 8. The van der Waals surface area contributed by atoms with Gasteiger partial charge in [-0.1, -0.05) is 12.2 Å². The maximum atomic E-state index is 12.8. The molecule has 2 amide bonds. The first-order valence-electron chi connectivity index (χ1n) is 9.87. The van der Waals surface area contributed by atoms with Crippen LogP contribution in [0.15, 0.2) is 70.7 Å². The predicted molar refractivity (Wildman–Crippen MR) is 115 cm³/mol. The molecule has 3 heterocycles. The van der Waals surface area contributed by atoms with Crippen LogP contribution >= 0.6 is 0 Å². The lowest BCUT2D eigenvalue weighted by molar-refractivity contribution is -0.384. The minimum absolute atomic E-state index is 0.0946. The molecule has 3 aliphatic rings. The summed E-state index contributed by atoms with van der Waals surface area (Å²) in [6.45, 7) is 0. The lowest BCUT2D eigenvalue weighted by Crippen LogP contribution is -2.34. The third kappa shape index (κ3) is 3.49. The molecular weight excluding hydrogens is 452 g/mol. The minimum Gasteiger partial charge on any atom is -0.365 e. The molecule has 2 fully saturated rings. The van der Waals surface area contributed by atoms with Gasteiger partial charge >= 0.3 is 0 Å². The van der Waals surface area contributed by atoms with E-state index < -0.39 is 39.0 Å². The molecule has 0 aliphatic carbocycles. The highest BCUT2D eigenvalue weighted by Gasteiger charge is 2.61. The van der Waals surface area contributed by atoms with E-state index in [1.165, 1.54) is 54.7 Å². The van der Waals surface area contributed by atoms with E-state index in [9.17, 15) is 28.1 Å². The van der Waals surface area contributed by atoms with Gasteiger partial charge in [0.15, 0.2) is 0 Å². The number of ether oxygens (including phenoxy) is 1. The Morgan fingerprint density at radius 1 is 0.970 bits per heavy atom. The molecule has 2 aromatic rings. The SMILES string of the molecule is O=C1C2C3C=CC(O3)C2C(=O)N1c1ccc(S(=O)(=O)N/N=C/c2ccc([N+](=O)[O-])cc2)cc1. The number of non-ortho nitro benzene ring substituents is 1. The molecule has 5 rings (SSSR count). The average molecular weight is 468 g/mol. The largest absolute Gasteiger partial charge is 0.365 e. The van der Waals surface area contributed by atoms with Crippen molar-refractivity contribution in [1.29, 1.82) is 0 Å². The quantitative estimate of drug-likeness (QED) is 0.221. The molecule has 2 saturated heterocycles. The van der Waals surface area contributed by atoms with Crippen molar-refractivity contribution in [2.45, 2.75) is 17.1 Å². The summed E-state index contributed by atoms with van der Waals surface area (Å²) in [6, 6.07) is 10.7. The van der Waals surface area contributed by atoms with Crippen LogP contribution in [0.25, 0.3) is 0 Å². The first kappa shape index (κ1) is 21.0. The van der Waals surface area contributed by atoms with Crippen LogP contribution in [0.4, 0.5) is 11.4 Å². The van der Waals surface area contributed by atoms with Crippen molar-refractivity contribution in [2.75, 3.05) is 4.90 Å². The second-order valence-corrected chi connectivity index (χ2v) is 9.37. The summed E-state index contributed by atoms with van der Waals surface area (Å²) in [7, 11) is -4.02. The van der Waals surface area contributed by atoms with Gasteiger partial charge in [-0.3, -0.25) is 19.7 Å². The number of nitro groups is 1. The Morgan fingerprint density at radius 2 is 1.55 bits per heavy atom. The van der Waals surface area contributed by atoms with Crippen LogP contribution in [-0.2, 0) is 24.3 Å². The Balaban J connectivity index is 1.28. The molecule has 0 aromatic heterocycles. The monoisotopic (exact) mass is 468 g/mol. The number of rotatable bonds is 6. The Hall–Kier alpha value is -3.90. The summed E-state index contributed by atoms with van der Waals surface area (Å²) in [4.78, 5) is 38.8. The van der Waals surface area contributed by atoms with E-state index in [0.29, 0.717) is 5.56 Å². The van der Waals surface area contributed by atoms with Gasteiger partial charge in [0.1, 0.15) is 0 Å². The van der Waals surface area contributed by atoms with Crippen LogP contribution in [0.2, 0.25) is 0 Å². The molecule has 0 spiro atoms. The third-order valence-electron chi connectivity index (χ3n) is 5.81. The zero-order valence-electron chi connectivity index (χ0n) is 16.8. The molecule has 2 aromatic carbocycles. The Labute approximate surface area is 187 Å². The maximum absolute atomic E-state index is 12.8. The number of nitrogens with zero attached hydrogens (tertiary/aromatic N) is 3. The van der Waals surface area contributed by atoms with Crippen LogP contribution in [0.3, 0.4) is 0 Å². The van der Waals surface area contributed by atoms with E-state index >= 15 is 0 Å². The normalized spacial score (nSPS) is 25.8. The van der Waals surface area contributed by atoms with Gasteiger partial charge in [-0.15, -0.1) is 0 Å². The van der Waals surface area contributed by atoms with Gasteiger partial charge in [-0.2, -0.15) is 13.5 Å². The summed E-state index contributed by atoms with van der Waals surface area (Å²) in [6.07, 6.45) is 3.98. The second kappa shape index (κ2) is 7.60. The van der Waals surface area contributed by atoms with Gasteiger partial charge < -0.3 is 4.74 Å². The highest BCUT2D eigenvalue weighted by atomic mass is 32.2. The summed E-state index contributed by atoms with van der Waals surface area (Å²) >= 11 is 0. The zero-order valence-corrected chi connectivity index (χ0v) is 17.6. The minimum atomic E-state index is -4.02. The first-order valence-corrected chi connectivity index (χ1v) is 11.4. The summed E-state index contributed by atoms with van der Waals surface area (Å²) in [5, 5.41) is 14.4. The van der Waals surface area contributed by atoms with Crippen LogP contribution in [0, 0.1) is 22.0 Å². The summed E-state index contributed by atoms with van der Waals surface area (Å²) in [5.41, 5.74) is 0.651. The van der Waals surface area contributed by atoms with Crippen molar-refractivity contribution in [3.63, 3.8) is 0 Å². The number of amides is 2. The zero-order chi connectivity index (χ0) is 23.3. The van der Waals surface area contributed by atoms with Gasteiger partial charge in [0.05, 0.1) is 45.8 Å². The van der Waals surface area contributed by atoms with E-state index in [-0.39, 0.29) is 28.1 Å². The number of imide groups is 1. The molecule has 4 atom stereocenters. The predicted octanol–water partition coefficient (Wildman–Crippen LogP) is 1.35. The highest BCUT2D eigenvalue weighted by Crippen LogP contribution is 2.46. The van der Waals surface area contributed by atoms with E-state index in [2.05, 4.69) is 9.93 Å². The molecule has 12 heteroatoms. The Kier molecular flexibility index (Phi) is 4.83. The number of nitro benzene ring substituents is 1. The van der Waals surface area contributed by atoms with Crippen molar-refractivity contribution in [1.82, 2.24) is 4.83 Å². The van der Waals surface area contributed by atoms with Crippen LogP contribution < -0.4 is 9.73 Å². The van der Waals surface area contributed by atoms with Gasteiger partial charge in [0.25, 0.3) is 15.7 Å². The number of nitrogens with one attached hydrogen (secondary N) is 1. The highest BCUT2D eigenvalue weighted by molar-refractivity contribution is 7.89. The lowest BCUT2D eigenvalue weighted by atomic mass is 9.85. The van der Waals surface area contributed by atoms with Crippen LogP contribution in [-0.4, -0.2) is 43.6 Å². The second-order valence-electron chi connectivity index (χ2n) is 7.71. The number of hydrazone groups is 1. The number of hydrogen-bond donors (Lipinski definition) is 1. The van der Waals surface area contributed by atoms with Crippen molar-refractivity contribution < 1.29 is 27.7 Å². The summed E-state index contributed by atoms with van der Waals surface area (Å²) < 4.78 is 30.6. The van der Waals surface area contributed by atoms with Crippen LogP contribution in [0.1, 0.15) is 5.56 Å². The van der Waals surface area contributed by atoms with Gasteiger partial charge in [0, 0.05) is 12.1 Å². The van der Waals surface area contributed by atoms with Crippen molar-refractivity contribution in [3.05, 3.63) is 76.4 Å². The van der Waals surface area contributed by atoms with E-state index in [0.717, 1.165) is 4.90 Å². The smallest absolute Gasteiger partial charge is 0.276 e. The average Bonchev–Trinajstić information content (AvgIpc) is 3.48. The molecule has 1 N–H and O–H groups in total. The molecule has 2 bridgehead atoms. The molecule has 0 saturated carbocycles. The molecular formula is C21H16N4O7S. The van der Waals surface area contributed by atoms with Gasteiger partial charge in [-0.25, -0.2) is 9.73 Å². The number of sulfonamides is 1. The topological polar surface area (TPSA) is 148 Å². The van der Waals surface area contributed by atoms with Crippen molar-refractivity contribution in [2.24, 2.45) is 16.9 Å². The molecule has 4 unspecified atom stereocenters. The fourth-order valence-corrected chi connectivity index (χ4v) is 5.03. The molecule has 11 nitrogen and oxygen atoms in total. The van der Waals surface area contributed by atoms with Gasteiger partial charge in [0.2, 0.25) is 11.8 Å². The first-order chi connectivity index (χ1) is 15.8. The van der Waals surface area contributed by atoms with E-state index in [1.807, 2.05) is 0 Å². The molecule has 33 heavy (non-hydrogen) atoms. The summed E-state index contributed by atoms with van der Waals surface area (Å²) in [5.74, 6) is -1.82. The number of benzene rings is 2. The molecule has 0 radical (unpaired) electrons. The van der Waals surface area contributed by atoms with E-state index in [4.69, 9.17) is 4.74 Å². The van der Waals surface area contributed by atoms with Crippen molar-refractivity contribution >= 4 is 39.4 Å². The van der Waals surface area contributed by atoms with Gasteiger partial charge in [-0.05, 0) is 42.0 Å². The van der Waals surface area contributed by atoms with Crippen LogP contribution in [0.5, 0.6) is 0 Å². The van der Waals surface area contributed by atoms with E-state index in [1.54, 1.807) is 12.2 Å². The fraction of sp³-hybridized carbons (Fsp3) is 0.190. The number of fused-ring (bicyclic) bond motifs is 5. The standard InChI is InChI=1S/C21H16N4O7S/c26-20-18-16-9-10-17(32-16)19(18)21(27)24(20)13-5-7-15(8-6-13)33(30,31)23-22-11-12-1-3-14(4-2-12)25(28)29/h1-11,16-19,23H/b22-11+. The number of carbonyl (C=O) groups excluding carboxylic acids is 2. The lowest BCUT2D eigenvalue weighted by Gasteiger charge is -2.17. The number of anilines is 1.